The molecule has 3 rings (SSSR count). The Morgan fingerprint density at radius 1 is 1.20 bits per heavy atom. The van der Waals surface area contributed by atoms with Crippen LogP contribution in [0.4, 0.5) is 0 Å². The minimum Gasteiger partial charge on any atom is -0.493 e. The van der Waals surface area contributed by atoms with Gasteiger partial charge in [0.05, 0.1) is 7.11 Å². The predicted molar refractivity (Wildman–Crippen MR) is 107 cm³/mol. The molecule has 0 saturated heterocycles. The van der Waals surface area contributed by atoms with E-state index < -0.39 is 5.97 Å². The molecule has 0 spiro atoms. The van der Waals surface area contributed by atoms with Crippen LogP contribution in [0.2, 0.25) is 0 Å². The molecule has 3 aromatic rings. The van der Waals surface area contributed by atoms with Crippen molar-refractivity contribution < 1.29 is 23.4 Å². The molecule has 0 fully saturated rings. The van der Waals surface area contributed by atoms with E-state index in [1.54, 1.807) is 24.3 Å². The Morgan fingerprint density at radius 3 is 2.83 bits per heavy atom. The lowest BCUT2D eigenvalue weighted by molar-refractivity contribution is -0.139. The molecule has 0 unspecified atom stereocenters. The van der Waals surface area contributed by atoms with E-state index in [4.69, 9.17) is 23.9 Å². The van der Waals surface area contributed by atoms with Gasteiger partial charge in [-0.25, -0.2) is 4.79 Å². The number of aryl methyl sites for hydroxylation is 1. The molecule has 0 radical (unpaired) electrons. The smallest absolute Gasteiger partial charge is 0.331 e. The van der Waals surface area contributed by atoms with Crippen molar-refractivity contribution >= 4 is 12.0 Å². The first-order chi connectivity index (χ1) is 14.6. The number of nitriles is 1. The number of aromatic nitrogens is 2. The Morgan fingerprint density at radius 2 is 2.07 bits per heavy atom. The van der Waals surface area contributed by atoms with E-state index in [-0.39, 0.29) is 19.1 Å². The molecule has 0 aliphatic carbocycles. The molecule has 8 nitrogen and oxygen atoms in total. The number of benzene rings is 2. The van der Waals surface area contributed by atoms with Crippen molar-refractivity contribution in [1.82, 2.24) is 10.2 Å². The summed E-state index contributed by atoms with van der Waals surface area (Å²) in [4.78, 5) is 12.0. The van der Waals surface area contributed by atoms with E-state index in [1.165, 1.54) is 13.2 Å². The Balaban J connectivity index is 1.57. The lowest BCUT2D eigenvalue weighted by atomic mass is 10.1. The average Bonchev–Trinajstić information content (AvgIpc) is 3.24. The van der Waals surface area contributed by atoms with Crippen molar-refractivity contribution in [3.63, 3.8) is 0 Å². The fraction of sp³-hybridized carbons (Fsp3) is 0.182. The van der Waals surface area contributed by atoms with Crippen molar-refractivity contribution in [2.24, 2.45) is 0 Å². The van der Waals surface area contributed by atoms with Crippen LogP contribution in [-0.4, -0.2) is 29.9 Å². The summed E-state index contributed by atoms with van der Waals surface area (Å²) in [6.45, 7) is 1.75. The zero-order chi connectivity index (χ0) is 21.3. The van der Waals surface area contributed by atoms with Crippen molar-refractivity contribution in [2.45, 2.75) is 13.5 Å². The molecule has 0 atom stereocenters. The Hall–Kier alpha value is -4.12. The Kier molecular flexibility index (Phi) is 6.79. The van der Waals surface area contributed by atoms with Crippen molar-refractivity contribution in [3.05, 3.63) is 65.6 Å². The number of carbonyl (C=O) groups is 1. The molecule has 2 aromatic carbocycles. The summed E-state index contributed by atoms with van der Waals surface area (Å²) in [6, 6.07) is 14.6. The third-order valence-corrected chi connectivity index (χ3v) is 3.96. The molecule has 0 N–H and O–H groups in total. The number of rotatable bonds is 8. The molecule has 0 aliphatic heterocycles. The van der Waals surface area contributed by atoms with Crippen LogP contribution in [-0.2, 0) is 16.1 Å². The first kappa shape index (κ1) is 20.6. The van der Waals surface area contributed by atoms with Crippen LogP contribution in [0.3, 0.4) is 0 Å². The summed E-state index contributed by atoms with van der Waals surface area (Å²) in [5.74, 6) is 0.906. The van der Waals surface area contributed by atoms with Gasteiger partial charge in [-0.3, -0.25) is 0 Å². The summed E-state index contributed by atoms with van der Waals surface area (Å²) < 4.78 is 21.2. The van der Waals surface area contributed by atoms with E-state index in [2.05, 4.69) is 10.2 Å². The molecular weight excluding hydrogens is 386 g/mol. The number of nitrogens with zero attached hydrogens (tertiary/aromatic N) is 3. The normalized spacial score (nSPS) is 10.6. The van der Waals surface area contributed by atoms with Gasteiger partial charge in [-0.1, -0.05) is 23.8 Å². The first-order valence-electron chi connectivity index (χ1n) is 9.01. The summed E-state index contributed by atoms with van der Waals surface area (Å²) in [5.41, 5.74) is 2.58. The Bertz CT molecular complexity index is 1100. The number of hydrogen-bond donors (Lipinski definition) is 0. The number of hydrogen-bond acceptors (Lipinski definition) is 8. The van der Waals surface area contributed by atoms with Crippen molar-refractivity contribution in [2.75, 3.05) is 13.7 Å². The highest BCUT2D eigenvalue weighted by molar-refractivity contribution is 5.87. The molecule has 0 amide bonds. The molecule has 152 valence electrons. The summed E-state index contributed by atoms with van der Waals surface area (Å²) in [6.07, 6.45) is 2.85. The molecule has 1 heterocycles. The van der Waals surface area contributed by atoms with Gasteiger partial charge in [-0.15, -0.1) is 10.2 Å². The van der Waals surface area contributed by atoms with Crippen LogP contribution >= 0.6 is 0 Å². The standard InChI is InChI=1S/C22H19N3O5/c1-15-4-3-5-17(12-15)22-25-24-20(30-22)14-29-21(26)9-7-16-6-8-18(28-11-10-23)19(13-16)27-2/h3-9,12-13H,11,14H2,1-2H3/b9-7+. The van der Waals surface area contributed by atoms with Gasteiger partial charge in [0.15, 0.2) is 24.7 Å². The van der Waals surface area contributed by atoms with E-state index in [0.717, 1.165) is 11.1 Å². The third kappa shape index (κ3) is 5.45. The van der Waals surface area contributed by atoms with Gasteiger partial charge in [-0.2, -0.15) is 5.26 Å². The first-order valence-corrected chi connectivity index (χ1v) is 9.01. The molecular formula is C22H19N3O5. The van der Waals surface area contributed by atoms with Gasteiger partial charge in [0.1, 0.15) is 6.07 Å². The lowest BCUT2D eigenvalue weighted by Gasteiger charge is -2.08. The van der Waals surface area contributed by atoms with Crippen molar-refractivity contribution in [1.29, 1.82) is 5.26 Å². The highest BCUT2D eigenvalue weighted by atomic mass is 16.5. The van der Waals surface area contributed by atoms with Gasteiger partial charge >= 0.3 is 5.97 Å². The number of esters is 1. The maximum Gasteiger partial charge on any atom is 0.331 e. The van der Waals surface area contributed by atoms with Gasteiger partial charge in [0, 0.05) is 11.6 Å². The second kappa shape index (κ2) is 9.89. The van der Waals surface area contributed by atoms with Crippen LogP contribution in [0.25, 0.3) is 17.5 Å². The fourth-order valence-electron chi connectivity index (χ4n) is 2.57. The maximum atomic E-state index is 12.0. The summed E-state index contributed by atoms with van der Waals surface area (Å²) in [5, 5.41) is 16.5. The molecule has 1 aromatic heterocycles. The fourth-order valence-corrected chi connectivity index (χ4v) is 2.57. The van der Waals surface area contributed by atoms with Crippen LogP contribution in [0, 0.1) is 18.3 Å². The zero-order valence-electron chi connectivity index (χ0n) is 16.5. The van der Waals surface area contributed by atoms with Crippen LogP contribution in [0.5, 0.6) is 11.5 Å². The van der Waals surface area contributed by atoms with E-state index >= 15 is 0 Å². The van der Waals surface area contributed by atoms with E-state index in [1.807, 2.05) is 37.3 Å². The lowest BCUT2D eigenvalue weighted by Crippen LogP contribution is -2.01. The quantitative estimate of drug-likeness (QED) is 0.412. The van der Waals surface area contributed by atoms with Crippen molar-refractivity contribution in [3.8, 4) is 29.0 Å². The van der Waals surface area contributed by atoms with Gasteiger partial charge in [-0.05, 0) is 42.8 Å². The second-order valence-corrected chi connectivity index (χ2v) is 6.17. The highest BCUT2D eigenvalue weighted by Gasteiger charge is 2.10. The minimum atomic E-state index is -0.561. The summed E-state index contributed by atoms with van der Waals surface area (Å²) in [7, 11) is 1.49. The van der Waals surface area contributed by atoms with E-state index in [9.17, 15) is 4.79 Å². The van der Waals surface area contributed by atoms with Gasteiger partial charge in [0.25, 0.3) is 5.89 Å². The second-order valence-electron chi connectivity index (χ2n) is 6.17. The zero-order valence-corrected chi connectivity index (χ0v) is 16.5. The topological polar surface area (TPSA) is 107 Å². The molecule has 30 heavy (non-hydrogen) atoms. The molecule has 8 heteroatoms. The molecule has 0 aliphatic rings. The Labute approximate surface area is 173 Å². The number of carbonyl (C=O) groups excluding carboxylic acids is 1. The molecule has 0 saturated carbocycles. The van der Waals surface area contributed by atoms with Crippen LogP contribution < -0.4 is 9.47 Å². The highest BCUT2D eigenvalue weighted by Crippen LogP contribution is 2.28. The summed E-state index contributed by atoms with van der Waals surface area (Å²) >= 11 is 0. The van der Waals surface area contributed by atoms with E-state index in [0.29, 0.717) is 23.0 Å². The monoisotopic (exact) mass is 405 g/mol. The predicted octanol–water partition coefficient (Wildman–Crippen LogP) is 3.71. The SMILES string of the molecule is COc1cc(/C=C/C(=O)OCc2nnc(-c3cccc(C)c3)o2)ccc1OCC#N. The van der Waals surface area contributed by atoms with Crippen LogP contribution in [0.15, 0.2) is 53.0 Å². The minimum absolute atomic E-state index is 0.0842. The third-order valence-electron chi connectivity index (χ3n) is 3.96. The largest absolute Gasteiger partial charge is 0.493 e. The van der Waals surface area contributed by atoms with Crippen LogP contribution in [0.1, 0.15) is 17.0 Å². The van der Waals surface area contributed by atoms with Gasteiger partial charge < -0.3 is 18.6 Å². The van der Waals surface area contributed by atoms with Gasteiger partial charge in [0.2, 0.25) is 5.89 Å². The number of methoxy groups -OCH3 is 1. The number of ether oxygens (including phenoxy) is 3. The molecule has 0 bridgehead atoms. The average molecular weight is 405 g/mol. The maximum absolute atomic E-state index is 12.0.